The lowest BCUT2D eigenvalue weighted by Crippen LogP contribution is -2.34. The highest BCUT2D eigenvalue weighted by atomic mass is 16.2. The van der Waals surface area contributed by atoms with Gasteiger partial charge in [0.15, 0.2) is 0 Å². The van der Waals surface area contributed by atoms with Crippen molar-refractivity contribution >= 4 is 5.91 Å². The third-order valence-corrected chi connectivity index (χ3v) is 2.89. The van der Waals surface area contributed by atoms with Crippen molar-refractivity contribution in [3.05, 3.63) is 0 Å². The Morgan fingerprint density at radius 1 is 1.43 bits per heavy atom. The summed E-state index contributed by atoms with van der Waals surface area (Å²) in [4.78, 5) is 13.5. The van der Waals surface area contributed by atoms with Gasteiger partial charge in [-0.3, -0.25) is 4.79 Å². The molecule has 0 heterocycles. The number of carbonyl (C=O) groups excluding carboxylic acids is 1. The van der Waals surface area contributed by atoms with Gasteiger partial charge in [-0.25, -0.2) is 0 Å². The molecule has 1 saturated carbocycles. The monoisotopic (exact) mass is 194 g/mol. The molecule has 0 unspecified atom stereocenters. The lowest BCUT2D eigenvalue weighted by atomic mass is 9.88. The first-order chi connectivity index (χ1) is 6.75. The summed E-state index contributed by atoms with van der Waals surface area (Å²) in [6, 6.07) is 2.06. The molecule has 1 rings (SSSR count). The molecule has 0 N–H and O–H groups in total. The Morgan fingerprint density at radius 2 is 2.07 bits per heavy atom. The summed E-state index contributed by atoms with van der Waals surface area (Å²) in [5, 5.41) is 8.42. The van der Waals surface area contributed by atoms with E-state index in [1.54, 1.807) is 11.9 Å². The molecule has 0 atom stereocenters. The summed E-state index contributed by atoms with van der Waals surface area (Å²) in [5.41, 5.74) is 0. The van der Waals surface area contributed by atoms with Gasteiger partial charge in [0.25, 0.3) is 0 Å². The largest absolute Gasteiger partial charge is 0.344 e. The van der Waals surface area contributed by atoms with Crippen LogP contribution in [0.5, 0.6) is 0 Å². The second-order valence-electron chi connectivity index (χ2n) is 4.00. The van der Waals surface area contributed by atoms with Crippen LogP contribution in [0.4, 0.5) is 0 Å². The van der Waals surface area contributed by atoms with Crippen LogP contribution in [0.2, 0.25) is 0 Å². The van der Waals surface area contributed by atoms with Crippen molar-refractivity contribution in [2.24, 2.45) is 5.92 Å². The number of amides is 1. The fourth-order valence-corrected chi connectivity index (χ4v) is 1.99. The quantitative estimate of drug-likeness (QED) is 0.689. The lowest BCUT2D eigenvalue weighted by molar-refractivity contribution is -0.135. The van der Waals surface area contributed by atoms with Crippen molar-refractivity contribution < 1.29 is 4.79 Å². The molecule has 14 heavy (non-hydrogen) atoms. The standard InChI is InChI=1S/C11H18N2O/c1-13(9-5-8-12)11(14)10-6-3-2-4-7-10/h10H,2-7,9H2,1H3. The van der Waals surface area contributed by atoms with E-state index in [2.05, 4.69) is 6.07 Å². The Balaban J connectivity index is 2.35. The molecule has 1 aliphatic carbocycles. The second-order valence-corrected chi connectivity index (χ2v) is 4.00. The maximum absolute atomic E-state index is 11.8. The molecule has 0 bridgehead atoms. The van der Waals surface area contributed by atoms with Crippen molar-refractivity contribution in [1.82, 2.24) is 4.90 Å². The Bertz CT molecular complexity index is 226. The first kappa shape index (κ1) is 11.0. The molecular weight excluding hydrogens is 176 g/mol. The molecule has 1 aliphatic rings. The number of carbonyl (C=O) groups is 1. The van der Waals surface area contributed by atoms with Gasteiger partial charge in [-0.05, 0) is 12.8 Å². The van der Waals surface area contributed by atoms with Gasteiger partial charge in [-0.2, -0.15) is 5.26 Å². The molecule has 0 aliphatic heterocycles. The van der Waals surface area contributed by atoms with Crippen LogP contribution in [-0.4, -0.2) is 24.4 Å². The fourth-order valence-electron chi connectivity index (χ4n) is 1.99. The van der Waals surface area contributed by atoms with Gasteiger partial charge in [-0.1, -0.05) is 19.3 Å². The Hall–Kier alpha value is -1.04. The van der Waals surface area contributed by atoms with E-state index < -0.39 is 0 Å². The van der Waals surface area contributed by atoms with E-state index in [-0.39, 0.29) is 11.8 Å². The Labute approximate surface area is 85.7 Å². The average Bonchev–Trinajstić information content (AvgIpc) is 2.26. The van der Waals surface area contributed by atoms with Gasteiger partial charge in [0.05, 0.1) is 12.5 Å². The second kappa shape index (κ2) is 5.64. The summed E-state index contributed by atoms with van der Waals surface area (Å²) in [6.07, 6.45) is 6.15. The van der Waals surface area contributed by atoms with Crippen LogP contribution < -0.4 is 0 Å². The number of rotatable bonds is 3. The fraction of sp³-hybridized carbons (Fsp3) is 0.818. The van der Waals surface area contributed by atoms with E-state index in [4.69, 9.17) is 5.26 Å². The first-order valence-corrected chi connectivity index (χ1v) is 5.37. The third-order valence-electron chi connectivity index (χ3n) is 2.89. The minimum Gasteiger partial charge on any atom is -0.344 e. The van der Waals surface area contributed by atoms with Crippen LogP contribution in [0.15, 0.2) is 0 Å². The third kappa shape index (κ3) is 3.02. The molecule has 0 radical (unpaired) electrons. The lowest BCUT2D eigenvalue weighted by Gasteiger charge is -2.25. The molecule has 0 aromatic rings. The van der Waals surface area contributed by atoms with Crippen molar-refractivity contribution in [2.45, 2.75) is 38.5 Å². The molecule has 78 valence electrons. The predicted octanol–water partition coefficient (Wildman–Crippen LogP) is 1.94. The van der Waals surface area contributed by atoms with Crippen LogP contribution in [-0.2, 0) is 4.79 Å². The molecule has 3 heteroatoms. The van der Waals surface area contributed by atoms with E-state index >= 15 is 0 Å². The molecule has 1 amide bonds. The number of hydrogen-bond acceptors (Lipinski definition) is 2. The molecule has 3 nitrogen and oxygen atoms in total. The summed E-state index contributed by atoms with van der Waals surface area (Å²) >= 11 is 0. The molecule has 1 fully saturated rings. The van der Waals surface area contributed by atoms with Gasteiger partial charge in [-0.15, -0.1) is 0 Å². The van der Waals surface area contributed by atoms with E-state index in [1.807, 2.05) is 0 Å². The summed E-state index contributed by atoms with van der Waals surface area (Å²) in [7, 11) is 1.80. The Kier molecular flexibility index (Phi) is 4.45. The van der Waals surface area contributed by atoms with Gasteiger partial charge in [0.2, 0.25) is 5.91 Å². The van der Waals surface area contributed by atoms with Gasteiger partial charge >= 0.3 is 0 Å². The normalized spacial score (nSPS) is 17.4. The van der Waals surface area contributed by atoms with Crippen LogP contribution in [0.25, 0.3) is 0 Å². The van der Waals surface area contributed by atoms with Crippen molar-refractivity contribution in [3.8, 4) is 6.07 Å². The van der Waals surface area contributed by atoms with Crippen LogP contribution in [0, 0.1) is 17.2 Å². The summed E-state index contributed by atoms with van der Waals surface area (Å²) in [5.74, 6) is 0.465. The summed E-state index contributed by atoms with van der Waals surface area (Å²) < 4.78 is 0. The van der Waals surface area contributed by atoms with E-state index in [9.17, 15) is 4.79 Å². The van der Waals surface area contributed by atoms with Crippen LogP contribution in [0.1, 0.15) is 38.5 Å². The van der Waals surface area contributed by atoms with E-state index in [1.165, 1.54) is 19.3 Å². The van der Waals surface area contributed by atoms with Crippen molar-refractivity contribution in [3.63, 3.8) is 0 Å². The first-order valence-electron chi connectivity index (χ1n) is 5.37. The molecule has 0 aromatic carbocycles. The number of hydrogen-bond donors (Lipinski definition) is 0. The minimum atomic E-state index is 0.229. The highest BCUT2D eigenvalue weighted by Gasteiger charge is 2.23. The van der Waals surface area contributed by atoms with E-state index in [0.29, 0.717) is 13.0 Å². The number of nitriles is 1. The summed E-state index contributed by atoms with van der Waals surface area (Å²) in [6.45, 7) is 0.575. The van der Waals surface area contributed by atoms with Crippen LogP contribution >= 0.6 is 0 Å². The van der Waals surface area contributed by atoms with E-state index in [0.717, 1.165) is 12.8 Å². The Morgan fingerprint density at radius 3 is 2.64 bits per heavy atom. The smallest absolute Gasteiger partial charge is 0.225 e. The maximum Gasteiger partial charge on any atom is 0.225 e. The SMILES string of the molecule is CN(CCC#N)C(=O)C1CCCCC1. The maximum atomic E-state index is 11.8. The van der Waals surface area contributed by atoms with Crippen molar-refractivity contribution in [1.29, 1.82) is 5.26 Å². The zero-order chi connectivity index (χ0) is 10.4. The average molecular weight is 194 g/mol. The predicted molar refractivity (Wildman–Crippen MR) is 54.4 cm³/mol. The zero-order valence-corrected chi connectivity index (χ0v) is 8.83. The number of nitrogens with zero attached hydrogens (tertiary/aromatic N) is 2. The molecule has 0 aromatic heterocycles. The molecule has 0 saturated heterocycles. The topological polar surface area (TPSA) is 44.1 Å². The minimum absolute atomic E-state index is 0.229. The van der Waals surface area contributed by atoms with Crippen LogP contribution in [0.3, 0.4) is 0 Å². The highest BCUT2D eigenvalue weighted by molar-refractivity contribution is 5.78. The zero-order valence-electron chi connectivity index (χ0n) is 8.83. The highest BCUT2D eigenvalue weighted by Crippen LogP contribution is 2.24. The molecular formula is C11H18N2O. The van der Waals surface area contributed by atoms with Crippen molar-refractivity contribution in [2.75, 3.05) is 13.6 Å². The van der Waals surface area contributed by atoms with Gasteiger partial charge in [0, 0.05) is 19.5 Å². The van der Waals surface area contributed by atoms with Gasteiger partial charge in [0.1, 0.15) is 0 Å². The van der Waals surface area contributed by atoms with Gasteiger partial charge < -0.3 is 4.90 Å². The molecule has 0 spiro atoms.